The molecule has 4 aromatic rings. The number of halogens is 9. The third-order valence-corrected chi connectivity index (χ3v) is 8.87. The fraction of sp³-hybridized carbons (Fsp3) is 0.333. The molecule has 2 aliphatic rings. The van der Waals surface area contributed by atoms with Crippen molar-refractivity contribution in [3.05, 3.63) is 87.9 Å². The lowest BCUT2D eigenvalue weighted by atomic mass is 9.95. The second-order valence-electron chi connectivity index (χ2n) is 12.3. The number of aromatic carboxylic acids is 1. The Morgan fingerprint density at radius 2 is 1.58 bits per heavy atom. The van der Waals surface area contributed by atoms with E-state index in [0.717, 1.165) is 29.5 Å². The number of cyclic esters (lactones) is 1. The second-order valence-corrected chi connectivity index (χ2v) is 12.3. The molecule has 276 valence electrons. The number of phenols is 1. The van der Waals surface area contributed by atoms with Crippen molar-refractivity contribution in [1.82, 2.24) is 19.7 Å². The van der Waals surface area contributed by atoms with Crippen LogP contribution < -0.4 is 4.90 Å². The fourth-order valence-electron chi connectivity index (χ4n) is 6.20. The first-order valence-corrected chi connectivity index (χ1v) is 15.4. The lowest BCUT2D eigenvalue weighted by Gasteiger charge is -2.33. The monoisotopic (exact) mass is 743 g/mol. The summed E-state index contributed by atoms with van der Waals surface area (Å²) in [7, 11) is 0. The molecule has 0 radical (unpaired) electrons. The van der Waals surface area contributed by atoms with Crippen molar-refractivity contribution in [3.63, 3.8) is 0 Å². The Bertz CT molecular complexity index is 2040. The van der Waals surface area contributed by atoms with Crippen LogP contribution in [-0.4, -0.2) is 61.1 Å². The maximum atomic E-state index is 14.0. The van der Waals surface area contributed by atoms with Crippen molar-refractivity contribution in [2.24, 2.45) is 0 Å². The molecule has 1 amide bonds. The Kier molecular flexibility index (Phi) is 8.81. The lowest BCUT2D eigenvalue weighted by Crippen LogP contribution is -2.38. The van der Waals surface area contributed by atoms with Crippen molar-refractivity contribution < 1.29 is 64.1 Å². The van der Waals surface area contributed by atoms with Gasteiger partial charge in [-0.2, -0.15) is 44.6 Å². The van der Waals surface area contributed by atoms with Crippen molar-refractivity contribution >= 4 is 17.9 Å². The Hall–Kier alpha value is -5.49. The van der Waals surface area contributed by atoms with E-state index < -0.39 is 83.0 Å². The first-order chi connectivity index (χ1) is 24.1. The molecule has 0 unspecified atom stereocenters. The first kappa shape index (κ1) is 36.3. The molecule has 2 fully saturated rings. The molecule has 0 spiro atoms. The zero-order chi connectivity index (χ0) is 38.1. The number of benzene rings is 2. The SMILES string of the molecule is Cc1cc(N2CCC2)nc(CN2C(=O)O[C@H](c3cc(C(F)(F)F)cc(C(F)(F)F)c3)[C@@H]2C)c1-c1cc(-n2ncc(C(=O)O)c2C(F)(F)F)ccc1O. The summed E-state index contributed by atoms with van der Waals surface area (Å²) < 4.78 is 130. The van der Waals surface area contributed by atoms with E-state index in [2.05, 4.69) is 10.1 Å². The van der Waals surface area contributed by atoms with Crippen molar-refractivity contribution in [3.8, 4) is 22.6 Å². The minimum absolute atomic E-state index is 0.0487. The Balaban J connectivity index is 1.44. The molecule has 0 aliphatic carbocycles. The van der Waals surface area contributed by atoms with Crippen LogP contribution in [0.3, 0.4) is 0 Å². The van der Waals surface area contributed by atoms with Crippen LogP contribution >= 0.6 is 0 Å². The number of anilines is 1. The first-order valence-electron chi connectivity index (χ1n) is 15.4. The number of hydrogen-bond acceptors (Lipinski definition) is 7. The average Bonchev–Trinajstić information content (AvgIpc) is 3.58. The minimum Gasteiger partial charge on any atom is -0.507 e. The van der Waals surface area contributed by atoms with Gasteiger partial charge in [0.25, 0.3) is 0 Å². The summed E-state index contributed by atoms with van der Waals surface area (Å²) in [4.78, 5) is 32.4. The number of carboxylic acid groups (broad SMARTS) is 1. The second kappa shape index (κ2) is 12.6. The van der Waals surface area contributed by atoms with Gasteiger partial charge in [0.2, 0.25) is 0 Å². The van der Waals surface area contributed by atoms with E-state index in [0.29, 0.717) is 47.5 Å². The minimum atomic E-state index is -5.16. The zero-order valence-corrected chi connectivity index (χ0v) is 26.9. The highest BCUT2D eigenvalue weighted by molar-refractivity contribution is 5.89. The molecule has 0 saturated carbocycles. The van der Waals surface area contributed by atoms with E-state index in [9.17, 15) is 59.3 Å². The number of carboxylic acids is 1. The smallest absolute Gasteiger partial charge is 0.434 e. The van der Waals surface area contributed by atoms with Crippen LogP contribution in [0.4, 0.5) is 50.1 Å². The molecule has 6 rings (SSSR count). The van der Waals surface area contributed by atoms with Gasteiger partial charge in [0.15, 0.2) is 5.69 Å². The summed E-state index contributed by atoms with van der Waals surface area (Å²) in [6.07, 6.45) is -16.8. The Labute approximate surface area is 287 Å². The highest BCUT2D eigenvalue weighted by atomic mass is 19.4. The van der Waals surface area contributed by atoms with Crippen LogP contribution in [0, 0.1) is 6.92 Å². The third-order valence-electron chi connectivity index (χ3n) is 8.87. The predicted molar refractivity (Wildman–Crippen MR) is 163 cm³/mol. The molecule has 19 heteroatoms. The summed E-state index contributed by atoms with van der Waals surface area (Å²) >= 11 is 0. The maximum Gasteiger partial charge on any atom is 0.434 e. The van der Waals surface area contributed by atoms with E-state index in [4.69, 9.17) is 4.74 Å². The maximum absolute atomic E-state index is 14.0. The van der Waals surface area contributed by atoms with Crippen LogP contribution in [0.5, 0.6) is 5.75 Å². The number of aromatic nitrogens is 3. The van der Waals surface area contributed by atoms with Crippen molar-refractivity contribution in [2.45, 2.75) is 57.5 Å². The van der Waals surface area contributed by atoms with Gasteiger partial charge >= 0.3 is 30.6 Å². The van der Waals surface area contributed by atoms with Crippen LogP contribution in [0.25, 0.3) is 16.8 Å². The van der Waals surface area contributed by atoms with Crippen LogP contribution in [0.15, 0.2) is 48.7 Å². The van der Waals surface area contributed by atoms with Crippen LogP contribution in [-0.2, 0) is 29.8 Å². The molecule has 2 aromatic heterocycles. The summed E-state index contributed by atoms with van der Waals surface area (Å²) in [5.41, 5.74) is -6.27. The lowest BCUT2D eigenvalue weighted by molar-refractivity contribution is -0.144. The number of amides is 1. The highest BCUT2D eigenvalue weighted by Crippen LogP contribution is 2.43. The Morgan fingerprint density at radius 1 is 0.942 bits per heavy atom. The van der Waals surface area contributed by atoms with Crippen molar-refractivity contribution in [1.29, 1.82) is 0 Å². The van der Waals surface area contributed by atoms with Crippen LogP contribution in [0.2, 0.25) is 0 Å². The van der Waals surface area contributed by atoms with Gasteiger partial charge in [-0.1, -0.05) is 0 Å². The summed E-state index contributed by atoms with van der Waals surface area (Å²) in [6.45, 7) is 3.71. The average molecular weight is 744 g/mol. The highest BCUT2D eigenvalue weighted by Gasteiger charge is 2.44. The summed E-state index contributed by atoms with van der Waals surface area (Å²) in [6, 6.07) is 4.59. The van der Waals surface area contributed by atoms with E-state index in [1.807, 2.05) is 4.90 Å². The molecule has 2 N–H and O–H groups in total. The van der Waals surface area contributed by atoms with Gasteiger partial charge in [0.1, 0.15) is 23.2 Å². The normalized spacial score (nSPS) is 18.1. The van der Waals surface area contributed by atoms with Gasteiger partial charge in [-0.15, -0.1) is 0 Å². The molecule has 52 heavy (non-hydrogen) atoms. The van der Waals surface area contributed by atoms with Gasteiger partial charge in [-0.3, -0.25) is 4.90 Å². The molecule has 2 aliphatic heterocycles. The molecule has 2 saturated heterocycles. The number of aromatic hydroxyl groups is 1. The summed E-state index contributed by atoms with van der Waals surface area (Å²) in [5, 5.41) is 24.0. The van der Waals surface area contributed by atoms with Crippen LogP contribution in [0.1, 0.15) is 63.4 Å². The zero-order valence-electron chi connectivity index (χ0n) is 26.9. The van der Waals surface area contributed by atoms with Crippen molar-refractivity contribution in [2.75, 3.05) is 18.0 Å². The number of carbonyl (C=O) groups excluding carboxylic acids is 1. The number of aryl methyl sites for hydroxylation is 1. The molecule has 10 nitrogen and oxygen atoms in total. The molecule has 4 heterocycles. The molecule has 2 aromatic carbocycles. The number of ether oxygens (including phenoxy) is 1. The molecule has 0 bridgehead atoms. The van der Waals surface area contributed by atoms with E-state index in [1.165, 1.54) is 6.92 Å². The van der Waals surface area contributed by atoms with Gasteiger partial charge < -0.3 is 19.8 Å². The van der Waals surface area contributed by atoms with Gasteiger partial charge in [-0.05, 0) is 73.9 Å². The van der Waals surface area contributed by atoms with Gasteiger partial charge in [0, 0.05) is 24.2 Å². The van der Waals surface area contributed by atoms with Gasteiger partial charge in [0.05, 0.1) is 41.3 Å². The topological polar surface area (TPSA) is 121 Å². The summed E-state index contributed by atoms with van der Waals surface area (Å²) in [5.74, 6) is -1.91. The molecular weight excluding hydrogens is 717 g/mol. The largest absolute Gasteiger partial charge is 0.507 e. The Morgan fingerprint density at radius 3 is 2.12 bits per heavy atom. The van der Waals surface area contributed by atoms with Gasteiger partial charge in [-0.25, -0.2) is 19.3 Å². The number of hydrogen-bond donors (Lipinski definition) is 2. The molecule has 2 atom stereocenters. The number of alkyl halides is 9. The van der Waals surface area contributed by atoms with E-state index >= 15 is 0 Å². The van der Waals surface area contributed by atoms with E-state index in [-0.39, 0.29) is 28.6 Å². The molecular formula is C33H26F9N5O5. The fourth-order valence-corrected chi connectivity index (χ4v) is 6.20. The third kappa shape index (κ3) is 6.66. The number of phenolic OH excluding ortho intramolecular Hbond substituents is 1. The standard InChI is InChI=1S/C33H26F9N5O5/c1-15-8-25(45-6-3-7-45)44-23(26(15)21-12-20(4-5-24(21)48)47-28(33(40,41)42)22(13-43-47)29(49)50)14-46-16(2)27(52-30(46)51)17-9-18(31(34,35)36)11-19(10-17)32(37,38)39/h4-5,8-13,16,27,48H,3,6-7,14H2,1-2H3,(H,49,50)/t16-,27-/m0/s1. The number of rotatable bonds is 7. The van der Waals surface area contributed by atoms with E-state index in [1.54, 1.807) is 13.0 Å². The number of pyridine rings is 1. The number of carbonyl (C=O) groups is 2. The predicted octanol–water partition coefficient (Wildman–Crippen LogP) is 8.00. The quantitative estimate of drug-likeness (QED) is 0.183. The number of nitrogens with zero attached hydrogens (tertiary/aromatic N) is 5.